The second kappa shape index (κ2) is 8.13. The highest BCUT2D eigenvalue weighted by Gasteiger charge is 2.27. The highest BCUT2D eigenvalue weighted by molar-refractivity contribution is 7.90. The van der Waals surface area contributed by atoms with Crippen LogP contribution in [0.2, 0.25) is 0 Å². The summed E-state index contributed by atoms with van der Waals surface area (Å²) < 4.78 is 26.8. The van der Waals surface area contributed by atoms with E-state index in [1.54, 1.807) is 24.3 Å². The predicted octanol–water partition coefficient (Wildman–Crippen LogP) is 2.26. The molecule has 1 amide bonds. The quantitative estimate of drug-likeness (QED) is 0.750. The molecule has 2 N–H and O–H groups in total. The van der Waals surface area contributed by atoms with Gasteiger partial charge in [0.2, 0.25) is 5.91 Å². The average molecular weight is 389 g/mol. The van der Waals surface area contributed by atoms with Crippen LogP contribution in [0.1, 0.15) is 40.7 Å². The lowest BCUT2D eigenvalue weighted by Crippen LogP contribution is -2.35. The Balaban J connectivity index is 2.28. The van der Waals surface area contributed by atoms with E-state index in [0.717, 1.165) is 29.8 Å². The Bertz CT molecular complexity index is 962. The number of sulfonamides is 1. The number of amides is 1. The van der Waals surface area contributed by atoms with Gasteiger partial charge >= 0.3 is 5.97 Å². The molecule has 0 aliphatic heterocycles. The van der Waals surface area contributed by atoms with Crippen LogP contribution < -0.4 is 4.72 Å². The zero-order valence-electron chi connectivity index (χ0n) is 14.8. The molecule has 0 aliphatic rings. The van der Waals surface area contributed by atoms with E-state index in [2.05, 4.69) is 0 Å². The highest BCUT2D eigenvalue weighted by Crippen LogP contribution is 2.22. The minimum absolute atomic E-state index is 0.0746. The number of nitrogens with one attached hydrogen (secondary N) is 1. The van der Waals surface area contributed by atoms with Crippen molar-refractivity contribution in [3.05, 3.63) is 65.2 Å². The van der Waals surface area contributed by atoms with Crippen molar-refractivity contribution >= 4 is 27.7 Å². The number of hydrogen-bond donors (Lipinski definition) is 2. The van der Waals surface area contributed by atoms with Crippen molar-refractivity contribution < 1.29 is 27.9 Å². The van der Waals surface area contributed by atoms with Gasteiger partial charge in [-0.25, -0.2) is 17.9 Å². The number of benzene rings is 2. The van der Waals surface area contributed by atoms with Gasteiger partial charge in [0.15, 0.2) is 0 Å². The van der Waals surface area contributed by atoms with Gasteiger partial charge < -0.3 is 5.11 Å². The Hall–Kier alpha value is -3.00. The lowest BCUT2D eigenvalue weighted by Gasteiger charge is -2.16. The van der Waals surface area contributed by atoms with Crippen molar-refractivity contribution in [2.75, 3.05) is 0 Å². The van der Waals surface area contributed by atoms with Crippen LogP contribution in [0.4, 0.5) is 0 Å². The van der Waals surface area contributed by atoms with Gasteiger partial charge in [0.05, 0.1) is 16.4 Å². The van der Waals surface area contributed by atoms with Crippen molar-refractivity contribution in [3.8, 4) is 0 Å². The molecule has 0 spiro atoms. The minimum atomic E-state index is -4.20. The molecule has 2 rings (SSSR count). The Kier molecular flexibility index (Phi) is 6.12. The average Bonchev–Trinajstić information content (AvgIpc) is 2.60. The first-order valence-corrected chi connectivity index (χ1v) is 9.54. The van der Waals surface area contributed by atoms with Crippen molar-refractivity contribution in [1.29, 1.82) is 0 Å². The number of carbonyl (C=O) groups excluding carboxylic acids is 2. The monoisotopic (exact) mass is 389 g/mol. The van der Waals surface area contributed by atoms with E-state index in [9.17, 15) is 22.8 Å². The molecule has 0 aliphatic carbocycles. The lowest BCUT2D eigenvalue weighted by molar-refractivity contribution is -0.125. The summed E-state index contributed by atoms with van der Waals surface area (Å²) in [4.78, 5) is 34.8. The largest absolute Gasteiger partial charge is 0.478 e. The molecule has 2 aromatic rings. The van der Waals surface area contributed by atoms with E-state index >= 15 is 0 Å². The maximum atomic E-state index is 12.6. The summed E-state index contributed by atoms with van der Waals surface area (Å²) in [6.45, 7) is 3.20. The fraction of sp³-hybridized carbons (Fsp3) is 0.211. The van der Waals surface area contributed by atoms with E-state index in [-0.39, 0.29) is 22.7 Å². The first-order valence-electron chi connectivity index (χ1n) is 8.06. The molecule has 0 fully saturated rings. The molecule has 0 radical (unpaired) electrons. The minimum Gasteiger partial charge on any atom is -0.478 e. The van der Waals surface area contributed by atoms with Gasteiger partial charge in [0.25, 0.3) is 10.0 Å². The standard InChI is InChI=1S/C19H19NO6S/c1-12-3-5-14(6-4-12)17(11-13(2)21)18(22)20-27(25,26)16-9-7-15(8-10-16)19(23)24/h3-10,17H,11H2,1-2H3,(H,20,22)(H,23,24). The number of aryl methyl sites for hydroxylation is 1. The molecule has 8 heteroatoms. The zero-order chi connectivity index (χ0) is 20.2. The highest BCUT2D eigenvalue weighted by atomic mass is 32.2. The topological polar surface area (TPSA) is 118 Å². The molecule has 0 saturated heterocycles. The number of carboxylic acid groups (broad SMARTS) is 1. The second-order valence-electron chi connectivity index (χ2n) is 6.17. The van der Waals surface area contributed by atoms with E-state index in [1.165, 1.54) is 6.92 Å². The molecule has 0 bridgehead atoms. The number of Topliss-reactive ketones (excluding diaryl/α,β-unsaturated/α-hetero) is 1. The van der Waals surface area contributed by atoms with Crippen LogP contribution in [-0.2, 0) is 19.6 Å². The van der Waals surface area contributed by atoms with Crippen molar-refractivity contribution in [2.24, 2.45) is 0 Å². The molecule has 0 aromatic heterocycles. The molecule has 142 valence electrons. The summed E-state index contributed by atoms with van der Waals surface area (Å²) in [5, 5.41) is 8.88. The number of hydrogen-bond acceptors (Lipinski definition) is 5. The molecule has 1 unspecified atom stereocenters. The van der Waals surface area contributed by atoms with Gasteiger partial charge in [0.1, 0.15) is 5.78 Å². The molecule has 1 atom stereocenters. The summed E-state index contributed by atoms with van der Waals surface area (Å²) >= 11 is 0. The van der Waals surface area contributed by atoms with Gasteiger partial charge in [-0.05, 0) is 43.7 Å². The third kappa shape index (κ3) is 5.24. The molecule has 27 heavy (non-hydrogen) atoms. The summed E-state index contributed by atoms with van der Waals surface area (Å²) in [5.74, 6) is -3.21. The SMILES string of the molecule is CC(=O)CC(C(=O)NS(=O)(=O)c1ccc(C(=O)O)cc1)c1ccc(C)cc1. The van der Waals surface area contributed by atoms with Gasteiger partial charge in [-0.1, -0.05) is 29.8 Å². The maximum Gasteiger partial charge on any atom is 0.335 e. The van der Waals surface area contributed by atoms with E-state index in [0.29, 0.717) is 5.56 Å². The van der Waals surface area contributed by atoms with Crippen LogP contribution in [0.3, 0.4) is 0 Å². The fourth-order valence-electron chi connectivity index (χ4n) is 2.49. The van der Waals surface area contributed by atoms with E-state index < -0.39 is 27.8 Å². The first-order chi connectivity index (χ1) is 12.6. The van der Waals surface area contributed by atoms with Crippen LogP contribution in [0.15, 0.2) is 53.4 Å². The summed E-state index contributed by atoms with van der Waals surface area (Å²) in [6, 6.07) is 11.4. The Labute approximate surface area is 157 Å². The number of ketones is 1. The molecule has 7 nitrogen and oxygen atoms in total. The van der Waals surface area contributed by atoms with Crippen LogP contribution in [0.5, 0.6) is 0 Å². The molecule has 2 aromatic carbocycles. The van der Waals surface area contributed by atoms with Crippen LogP contribution in [0, 0.1) is 6.92 Å². The number of carboxylic acids is 1. The molecule has 0 saturated carbocycles. The van der Waals surface area contributed by atoms with Crippen molar-refractivity contribution in [2.45, 2.75) is 31.1 Å². The predicted molar refractivity (Wildman–Crippen MR) is 97.9 cm³/mol. The van der Waals surface area contributed by atoms with Crippen LogP contribution >= 0.6 is 0 Å². The molecule has 0 heterocycles. The third-order valence-electron chi connectivity index (χ3n) is 3.93. The summed E-state index contributed by atoms with van der Waals surface area (Å²) in [5.41, 5.74) is 1.42. The Morgan fingerprint density at radius 1 is 1.00 bits per heavy atom. The second-order valence-corrected chi connectivity index (χ2v) is 7.85. The normalized spacial score (nSPS) is 12.2. The Morgan fingerprint density at radius 2 is 1.56 bits per heavy atom. The lowest BCUT2D eigenvalue weighted by atomic mass is 9.93. The van der Waals surface area contributed by atoms with Crippen molar-refractivity contribution in [1.82, 2.24) is 4.72 Å². The van der Waals surface area contributed by atoms with Crippen molar-refractivity contribution in [3.63, 3.8) is 0 Å². The maximum absolute atomic E-state index is 12.6. The van der Waals surface area contributed by atoms with Crippen LogP contribution in [0.25, 0.3) is 0 Å². The van der Waals surface area contributed by atoms with Gasteiger partial charge in [-0.3, -0.25) is 9.59 Å². The summed E-state index contributed by atoms with van der Waals surface area (Å²) in [6.07, 6.45) is -0.137. The summed E-state index contributed by atoms with van der Waals surface area (Å²) in [7, 11) is -4.20. The van der Waals surface area contributed by atoms with Gasteiger partial charge in [0, 0.05) is 6.42 Å². The molecular formula is C19H19NO6S. The third-order valence-corrected chi connectivity index (χ3v) is 5.30. The van der Waals surface area contributed by atoms with Crippen LogP contribution in [-0.4, -0.2) is 31.2 Å². The number of aromatic carboxylic acids is 1. The molecular weight excluding hydrogens is 370 g/mol. The number of carbonyl (C=O) groups is 3. The zero-order valence-corrected chi connectivity index (χ0v) is 15.6. The van der Waals surface area contributed by atoms with E-state index in [4.69, 9.17) is 5.11 Å². The van der Waals surface area contributed by atoms with Gasteiger partial charge in [-0.2, -0.15) is 0 Å². The van der Waals surface area contributed by atoms with Gasteiger partial charge in [-0.15, -0.1) is 0 Å². The fourth-order valence-corrected chi connectivity index (χ4v) is 3.51. The Morgan fingerprint density at radius 3 is 2.04 bits per heavy atom. The number of rotatable bonds is 7. The smallest absolute Gasteiger partial charge is 0.335 e. The van der Waals surface area contributed by atoms with E-state index in [1.807, 2.05) is 11.6 Å². The first kappa shape index (κ1) is 20.3.